The molecule has 33 heavy (non-hydrogen) atoms. The Balaban J connectivity index is 1.62. The van der Waals surface area contributed by atoms with Crippen LogP contribution in [0.2, 0.25) is 0 Å². The van der Waals surface area contributed by atoms with Gasteiger partial charge in [0.2, 0.25) is 0 Å². The molecule has 1 N–H and O–H groups in total. The fourth-order valence-electron chi connectivity index (χ4n) is 4.70. The third kappa shape index (κ3) is 7.03. The number of morpholine rings is 1. The summed E-state index contributed by atoms with van der Waals surface area (Å²) in [5.74, 6) is 0.783. The van der Waals surface area contributed by atoms with E-state index in [0.717, 1.165) is 44.0 Å². The molecule has 1 saturated heterocycles. The van der Waals surface area contributed by atoms with Gasteiger partial charge in [0.15, 0.2) is 0 Å². The second-order valence-corrected chi connectivity index (χ2v) is 8.87. The average Bonchev–Trinajstić information content (AvgIpc) is 2.81. The summed E-state index contributed by atoms with van der Waals surface area (Å²) in [6.07, 6.45) is 0.504. The van der Waals surface area contributed by atoms with Gasteiger partial charge in [-0.1, -0.05) is 38.1 Å². The van der Waals surface area contributed by atoms with E-state index in [9.17, 15) is 4.79 Å². The van der Waals surface area contributed by atoms with Gasteiger partial charge in [0.05, 0.1) is 25.4 Å². The van der Waals surface area contributed by atoms with Crippen molar-refractivity contribution < 1.29 is 14.3 Å². The minimum atomic E-state index is -0.0461. The van der Waals surface area contributed by atoms with E-state index in [2.05, 4.69) is 67.1 Å². The molecule has 0 saturated carbocycles. The van der Waals surface area contributed by atoms with Crippen LogP contribution in [0, 0.1) is 0 Å². The van der Waals surface area contributed by atoms with Crippen molar-refractivity contribution in [2.24, 2.45) is 0 Å². The third-order valence-corrected chi connectivity index (χ3v) is 6.31. The molecule has 6 nitrogen and oxygen atoms in total. The number of rotatable bonds is 10. The Morgan fingerprint density at radius 1 is 1.12 bits per heavy atom. The van der Waals surface area contributed by atoms with Crippen LogP contribution in [0.4, 0.5) is 0 Å². The highest BCUT2D eigenvalue weighted by atomic mass is 16.5. The van der Waals surface area contributed by atoms with Crippen molar-refractivity contribution in [3.63, 3.8) is 0 Å². The van der Waals surface area contributed by atoms with Crippen LogP contribution in [0.25, 0.3) is 0 Å². The van der Waals surface area contributed by atoms with Crippen molar-refractivity contribution >= 4 is 5.91 Å². The first kappa shape index (κ1) is 25.2. The van der Waals surface area contributed by atoms with Crippen molar-refractivity contribution in [1.82, 2.24) is 15.1 Å². The average molecular weight is 454 g/mol. The zero-order chi connectivity index (χ0) is 23.8. The molecule has 3 unspecified atom stereocenters. The summed E-state index contributed by atoms with van der Waals surface area (Å²) in [7, 11) is 1.68. The van der Waals surface area contributed by atoms with Gasteiger partial charge in [-0.2, -0.15) is 0 Å². The number of carbonyl (C=O) groups excluding carboxylic acids is 1. The molecule has 6 heteroatoms. The molecule has 0 spiro atoms. The number of nitrogens with zero attached hydrogens (tertiary/aromatic N) is 2. The molecule has 1 amide bonds. The Labute approximate surface area is 198 Å². The lowest BCUT2D eigenvalue weighted by molar-refractivity contribution is -0.0704. The summed E-state index contributed by atoms with van der Waals surface area (Å²) in [4.78, 5) is 17.7. The largest absolute Gasteiger partial charge is 0.497 e. The molecule has 1 aliphatic rings. The molecule has 0 bridgehead atoms. The minimum Gasteiger partial charge on any atom is -0.497 e. The monoisotopic (exact) mass is 453 g/mol. The molecular weight excluding hydrogens is 414 g/mol. The SMILES string of the molecule is CCN(CC)C(CNC(=O)c1ccc(CN2CC(C)OC(C)C2)cc1)c1cccc(OC)c1. The number of hydrogen-bond donors (Lipinski definition) is 1. The maximum absolute atomic E-state index is 12.9. The van der Waals surface area contributed by atoms with Gasteiger partial charge >= 0.3 is 0 Å². The maximum Gasteiger partial charge on any atom is 0.251 e. The van der Waals surface area contributed by atoms with Gasteiger partial charge in [-0.05, 0) is 62.3 Å². The predicted molar refractivity (Wildman–Crippen MR) is 133 cm³/mol. The van der Waals surface area contributed by atoms with Crippen LogP contribution in [0.3, 0.4) is 0 Å². The van der Waals surface area contributed by atoms with E-state index < -0.39 is 0 Å². The van der Waals surface area contributed by atoms with Crippen LogP contribution in [-0.4, -0.2) is 67.7 Å². The Kier molecular flexibility index (Phi) is 9.30. The molecule has 1 heterocycles. The third-order valence-electron chi connectivity index (χ3n) is 6.31. The Bertz CT molecular complexity index is 872. The van der Waals surface area contributed by atoms with Gasteiger partial charge < -0.3 is 14.8 Å². The second kappa shape index (κ2) is 12.2. The molecule has 0 aromatic heterocycles. The summed E-state index contributed by atoms with van der Waals surface area (Å²) in [6.45, 7) is 13.6. The number of carbonyl (C=O) groups is 1. The van der Waals surface area contributed by atoms with Crippen LogP contribution < -0.4 is 10.1 Å². The van der Waals surface area contributed by atoms with Crippen molar-refractivity contribution in [1.29, 1.82) is 0 Å². The van der Waals surface area contributed by atoms with Gasteiger partial charge in [-0.25, -0.2) is 0 Å². The molecule has 2 aromatic rings. The first-order valence-electron chi connectivity index (χ1n) is 12.1. The van der Waals surface area contributed by atoms with E-state index in [1.165, 1.54) is 5.56 Å². The first-order chi connectivity index (χ1) is 15.9. The van der Waals surface area contributed by atoms with Gasteiger partial charge in [0, 0.05) is 31.7 Å². The molecule has 3 rings (SSSR count). The summed E-state index contributed by atoms with van der Waals surface area (Å²) >= 11 is 0. The topological polar surface area (TPSA) is 54.0 Å². The zero-order valence-corrected chi connectivity index (χ0v) is 20.7. The maximum atomic E-state index is 12.9. The van der Waals surface area contributed by atoms with Crippen molar-refractivity contribution in [3.05, 3.63) is 65.2 Å². The Morgan fingerprint density at radius 3 is 2.39 bits per heavy atom. The zero-order valence-electron chi connectivity index (χ0n) is 20.7. The van der Waals surface area contributed by atoms with Crippen molar-refractivity contribution in [3.8, 4) is 5.75 Å². The van der Waals surface area contributed by atoms with Crippen LogP contribution >= 0.6 is 0 Å². The summed E-state index contributed by atoms with van der Waals surface area (Å²) in [5, 5.41) is 3.15. The number of nitrogens with one attached hydrogen (secondary N) is 1. The fourth-order valence-corrected chi connectivity index (χ4v) is 4.70. The summed E-state index contributed by atoms with van der Waals surface area (Å²) < 4.78 is 11.2. The second-order valence-electron chi connectivity index (χ2n) is 8.87. The Morgan fingerprint density at radius 2 is 1.79 bits per heavy atom. The van der Waals surface area contributed by atoms with Crippen LogP contribution in [0.15, 0.2) is 48.5 Å². The smallest absolute Gasteiger partial charge is 0.251 e. The Hall–Kier alpha value is -2.41. The molecule has 0 radical (unpaired) electrons. The predicted octanol–water partition coefficient (Wildman–Crippen LogP) is 4.12. The minimum absolute atomic E-state index is 0.0461. The van der Waals surface area contributed by atoms with Crippen LogP contribution in [0.1, 0.15) is 55.2 Å². The lowest BCUT2D eigenvalue weighted by Gasteiger charge is -2.35. The number of methoxy groups -OCH3 is 1. The first-order valence-corrected chi connectivity index (χ1v) is 12.1. The van der Waals surface area contributed by atoms with Crippen LogP contribution in [0.5, 0.6) is 5.75 Å². The number of amides is 1. The van der Waals surface area contributed by atoms with E-state index in [-0.39, 0.29) is 24.2 Å². The number of ether oxygens (including phenoxy) is 2. The van der Waals surface area contributed by atoms with Crippen LogP contribution in [-0.2, 0) is 11.3 Å². The normalized spacial score (nSPS) is 19.9. The molecule has 180 valence electrons. The number of hydrogen-bond acceptors (Lipinski definition) is 5. The van der Waals surface area contributed by atoms with E-state index in [4.69, 9.17) is 9.47 Å². The van der Waals surface area contributed by atoms with E-state index in [1.807, 2.05) is 24.3 Å². The van der Waals surface area contributed by atoms with Gasteiger partial charge in [-0.3, -0.25) is 14.6 Å². The van der Waals surface area contributed by atoms with Gasteiger partial charge in [0.25, 0.3) is 5.91 Å². The highest BCUT2D eigenvalue weighted by Gasteiger charge is 2.22. The lowest BCUT2D eigenvalue weighted by Crippen LogP contribution is -2.44. The highest BCUT2D eigenvalue weighted by molar-refractivity contribution is 5.94. The van der Waals surface area contributed by atoms with E-state index in [1.54, 1.807) is 7.11 Å². The lowest BCUT2D eigenvalue weighted by atomic mass is 10.0. The van der Waals surface area contributed by atoms with Crippen molar-refractivity contribution in [2.75, 3.05) is 39.8 Å². The van der Waals surface area contributed by atoms with Gasteiger partial charge in [0.1, 0.15) is 5.75 Å². The fraction of sp³-hybridized carbons (Fsp3) is 0.519. The van der Waals surface area contributed by atoms with Crippen molar-refractivity contribution in [2.45, 2.75) is 52.5 Å². The quantitative estimate of drug-likeness (QED) is 0.587. The number of benzene rings is 2. The van der Waals surface area contributed by atoms with E-state index >= 15 is 0 Å². The molecule has 2 aromatic carbocycles. The molecular formula is C27H39N3O3. The highest BCUT2D eigenvalue weighted by Crippen LogP contribution is 2.24. The standard InChI is InChI=1S/C27H39N3O3/c1-6-30(7-2)26(24-9-8-10-25(15-24)32-5)16-28-27(31)23-13-11-22(12-14-23)19-29-17-20(3)33-21(4)18-29/h8-15,20-21,26H,6-7,16-19H2,1-5H3,(H,28,31). The summed E-state index contributed by atoms with van der Waals surface area (Å²) in [5.41, 5.74) is 3.04. The summed E-state index contributed by atoms with van der Waals surface area (Å²) in [6, 6.07) is 16.2. The molecule has 0 aliphatic carbocycles. The van der Waals surface area contributed by atoms with Gasteiger partial charge in [-0.15, -0.1) is 0 Å². The van der Waals surface area contributed by atoms with E-state index in [0.29, 0.717) is 12.1 Å². The number of likely N-dealkylation sites (N-methyl/N-ethyl adjacent to an activating group) is 1. The molecule has 3 atom stereocenters. The molecule has 1 aliphatic heterocycles. The molecule has 1 fully saturated rings.